The molecular formula is C69H125NO10. The van der Waals surface area contributed by atoms with Crippen LogP contribution in [0.5, 0.6) is 0 Å². The first-order chi connectivity index (χ1) is 39.2. The smallest absolute Gasteiger partial charge is 0.306 e. The molecule has 80 heavy (non-hydrogen) atoms. The summed E-state index contributed by atoms with van der Waals surface area (Å²) in [5.41, 5.74) is 0. The molecule has 466 valence electrons. The summed E-state index contributed by atoms with van der Waals surface area (Å²) in [5.74, 6) is -1.25. The lowest BCUT2D eigenvalue weighted by Crippen LogP contribution is -2.61. The molecular weight excluding hydrogens is 1000 g/mol. The zero-order valence-corrected chi connectivity index (χ0v) is 51.7. The molecule has 1 saturated heterocycles. The van der Waals surface area contributed by atoms with Crippen LogP contribution in [0, 0.1) is 0 Å². The van der Waals surface area contributed by atoms with Crippen molar-refractivity contribution in [2.24, 2.45) is 0 Å². The Morgan fingerprint density at radius 2 is 0.863 bits per heavy atom. The largest absolute Gasteiger partial charge is 0.454 e. The molecule has 1 aliphatic rings. The lowest BCUT2D eigenvalue weighted by atomic mass is 9.99. The van der Waals surface area contributed by atoms with Gasteiger partial charge in [-0.25, -0.2) is 0 Å². The number of carbonyl (C=O) groups is 2. The molecule has 1 rings (SSSR count). The Hall–Kier alpha value is -2.64. The molecule has 0 aromatic rings. The summed E-state index contributed by atoms with van der Waals surface area (Å²) in [6.07, 6.45) is 61.3. The highest BCUT2D eigenvalue weighted by Gasteiger charge is 2.47. The zero-order valence-electron chi connectivity index (χ0n) is 51.7. The van der Waals surface area contributed by atoms with E-state index in [0.717, 1.165) is 70.6 Å². The van der Waals surface area contributed by atoms with E-state index in [9.17, 15) is 35.1 Å². The van der Waals surface area contributed by atoms with Gasteiger partial charge in [0.1, 0.15) is 24.4 Å². The molecule has 0 saturated carbocycles. The molecule has 11 heteroatoms. The Labute approximate surface area is 490 Å². The van der Waals surface area contributed by atoms with Gasteiger partial charge in [0.15, 0.2) is 12.4 Å². The fourth-order valence-electron chi connectivity index (χ4n) is 10.4. The molecule has 11 nitrogen and oxygen atoms in total. The van der Waals surface area contributed by atoms with Crippen LogP contribution in [-0.2, 0) is 23.8 Å². The highest BCUT2D eigenvalue weighted by molar-refractivity contribution is 5.80. The molecule has 1 heterocycles. The summed E-state index contributed by atoms with van der Waals surface area (Å²) >= 11 is 0. The average molecular weight is 1130 g/mol. The standard InChI is InChI=1S/C69H125NO10/c1-4-7-10-13-16-19-22-25-27-29-30-31-32-33-34-35-37-39-42-45-48-51-54-57-64(74)80-67-66(76)65(75)63(58-71)79-69(67)78-59-60(61(72)55-52-49-46-43-40-24-21-18-15-12-9-6-3)70-68(77)62(73)56-53-50-47-44-41-38-36-28-26-23-20-17-14-11-8-5-2/h17,20,26,28,38,41,47,50,52,55,60-63,65-67,69,71-73,75-76H,4-16,18-19,21-25,27,29-37,39-40,42-46,48-49,51,53-54,56-59H2,1-3H3,(H,70,77)/b20-17-,28-26-,41-38-,50-47-,55-52+. The van der Waals surface area contributed by atoms with Crippen molar-refractivity contribution in [3.8, 4) is 0 Å². The maximum atomic E-state index is 13.4. The molecule has 0 spiro atoms. The Morgan fingerprint density at radius 3 is 1.31 bits per heavy atom. The molecule has 0 aromatic heterocycles. The van der Waals surface area contributed by atoms with Crippen molar-refractivity contribution in [3.63, 3.8) is 0 Å². The number of hydrogen-bond donors (Lipinski definition) is 6. The van der Waals surface area contributed by atoms with E-state index in [2.05, 4.69) is 62.5 Å². The average Bonchev–Trinajstić information content (AvgIpc) is 3.46. The van der Waals surface area contributed by atoms with Crippen molar-refractivity contribution >= 4 is 11.9 Å². The predicted octanol–water partition coefficient (Wildman–Crippen LogP) is 16.6. The van der Waals surface area contributed by atoms with Gasteiger partial charge >= 0.3 is 5.97 Å². The summed E-state index contributed by atoms with van der Waals surface area (Å²) < 4.78 is 17.6. The van der Waals surface area contributed by atoms with Gasteiger partial charge in [0, 0.05) is 6.42 Å². The summed E-state index contributed by atoms with van der Waals surface area (Å²) in [6, 6.07) is -1.05. The van der Waals surface area contributed by atoms with Gasteiger partial charge in [-0.1, -0.05) is 293 Å². The van der Waals surface area contributed by atoms with Gasteiger partial charge in [0.05, 0.1) is 25.4 Å². The highest BCUT2D eigenvalue weighted by Crippen LogP contribution is 2.26. The van der Waals surface area contributed by atoms with Crippen molar-refractivity contribution in [2.45, 2.75) is 352 Å². The minimum Gasteiger partial charge on any atom is -0.454 e. The minimum absolute atomic E-state index is 0.120. The Bertz CT molecular complexity index is 1530. The van der Waals surface area contributed by atoms with Gasteiger partial charge in [0.2, 0.25) is 5.91 Å². The lowest BCUT2D eigenvalue weighted by Gasteiger charge is -2.41. The van der Waals surface area contributed by atoms with Crippen molar-refractivity contribution in [3.05, 3.63) is 60.8 Å². The van der Waals surface area contributed by atoms with Crippen LogP contribution in [0.1, 0.15) is 303 Å². The van der Waals surface area contributed by atoms with Gasteiger partial charge in [-0.2, -0.15) is 0 Å². The second-order valence-corrected chi connectivity index (χ2v) is 23.2. The number of aliphatic hydroxyl groups excluding tert-OH is 5. The third-order valence-electron chi connectivity index (χ3n) is 15.7. The van der Waals surface area contributed by atoms with Crippen LogP contribution in [0.25, 0.3) is 0 Å². The molecule has 6 N–H and O–H groups in total. The number of nitrogens with one attached hydrogen (secondary N) is 1. The molecule has 1 fully saturated rings. The molecule has 0 aromatic carbocycles. The summed E-state index contributed by atoms with van der Waals surface area (Å²) in [6.45, 7) is 5.75. The molecule has 1 aliphatic heterocycles. The van der Waals surface area contributed by atoms with Crippen LogP contribution in [0.2, 0.25) is 0 Å². The zero-order chi connectivity index (χ0) is 58.2. The van der Waals surface area contributed by atoms with Crippen molar-refractivity contribution in [1.29, 1.82) is 0 Å². The summed E-state index contributed by atoms with van der Waals surface area (Å²) in [5, 5.41) is 57.0. The number of esters is 1. The summed E-state index contributed by atoms with van der Waals surface area (Å²) in [7, 11) is 0. The van der Waals surface area contributed by atoms with Crippen LogP contribution in [-0.4, -0.2) is 99.6 Å². The molecule has 8 unspecified atom stereocenters. The third-order valence-corrected chi connectivity index (χ3v) is 15.7. The first-order valence-corrected chi connectivity index (χ1v) is 33.6. The van der Waals surface area contributed by atoms with E-state index in [1.807, 2.05) is 18.2 Å². The van der Waals surface area contributed by atoms with Gasteiger partial charge in [-0.15, -0.1) is 0 Å². The number of unbranched alkanes of at least 4 members (excludes halogenated alkanes) is 35. The molecule has 8 atom stereocenters. The van der Waals surface area contributed by atoms with Crippen LogP contribution in [0.3, 0.4) is 0 Å². The van der Waals surface area contributed by atoms with E-state index < -0.39 is 67.4 Å². The number of ether oxygens (including phenoxy) is 3. The number of hydrogen-bond acceptors (Lipinski definition) is 10. The molecule has 1 amide bonds. The maximum absolute atomic E-state index is 13.4. The number of amides is 1. The predicted molar refractivity (Wildman–Crippen MR) is 333 cm³/mol. The lowest BCUT2D eigenvalue weighted by molar-refractivity contribution is -0.305. The van der Waals surface area contributed by atoms with E-state index in [1.54, 1.807) is 6.08 Å². The van der Waals surface area contributed by atoms with Crippen LogP contribution >= 0.6 is 0 Å². The maximum Gasteiger partial charge on any atom is 0.306 e. The fourth-order valence-corrected chi connectivity index (χ4v) is 10.4. The third kappa shape index (κ3) is 44.0. The van der Waals surface area contributed by atoms with E-state index in [0.29, 0.717) is 12.8 Å². The van der Waals surface area contributed by atoms with Crippen LogP contribution in [0.4, 0.5) is 0 Å². The van der Waals surface area contributed by atoms with Crippen molar-refractivity contribution in [1.82, 2.24) is 5.32 Å². The van der Waals surface area contributed by atoms with Crippen LogP contribution < -0.4 is 5.32 Å². The van der Waals surface area contributed by atoms with Crippen molar-refractivity contribution < 1.29 is 49.3 Å². The minimum atomic E-state index is -1.62. The number of allylic oxidation sites excluding steroid dienone is 9. The van der Waals surface area contributed by atoms with Gasteiger partial charge in [0.25, 0.3) is 0 Å². The number of carbonyl (C=O) groups excluding carboxylic acids is 2. The molecule has 0 bridgehead atoms. The molecule has 0 aliphatic carbocycles. The SMILES string of the molecule is CCCCC/C=C\C/C=C\C/C=C\C/C=C\CCC(O)C(=O)NC(COC1OC(CO)C(O)C(O)C1OC(=O)CCCCCCCCCCCCCCCCCCCCCCCCC)C(O)/C=C/CCCCCCCCCCCC. The topological polar surface area (TPSA) is 175 Å². The monoisotopic (exact) mass is 1130 g/mol. The van der Waals surface area contributed by atoms with E-state index in [4.69, 9.17) is 14.2 Å². The normalized spacial score (nSPS) is 19.1. The van der Waals surface area contributed by atoms with Crippen molar-refractivity contribution in [2.75, 3.05) is 13.2 Å². The second kappa shape index (κ2) is 56.8. The Kier molecular flexibility index (Phi) is 53.5. The first kappa shape index (κ1) is 75.4. The second-order valence-electron chi connectivity index (χ2n) is 23.2. The quantitative estimate of drug-likeness (QED) is 0.0195. The van der Waals surface area contributed by atoms with E-state index in [1.165, 1.54) is 186 Å². The van der Waals surface area contributed by atoms with Crippen LogP contribution in [0.15, 0.2) is 60.8 Å². The number of aliphatic hydroxyl groups is 5. The van der Waals surface area contributed by atoms with E-state index >= 15 is 0 Å². The van der Waals surface area contributed by atoms with Gasteiger partial charge in [-0.3, -0.25) is 9.59 Å². The molecule has 0 radical (unpaired) electrons. The van der Waals surface area contributed by atoms with Gasteiger partial charge < -0.3 is 45.1 Å². The fraction of sp³-hybridized carbons (Fsp3) is 0.826. The number of rotatable bonds is 57. The highest BCUT2D eigenvalue weighted by atomic mass is 16.7. The first-order valence-electron chi connectivity index (χ1n) is 33.6. The Morgan fingerprint density at radius 1 is 0.487 bits per heavy atom. The van der Waals surface area contributed by atoms with E-state index in [-0.39, 0.29) is 19.4 Å². The summed E-state index contributed by atoms with van der Waals surface area (Å²) in [4.78, 5) is 26.6. The van der Waals surface area contributed by atoms with Gasteiger partial charge in [-0.05, 0) is 64.2 Å². The Balaban J connectivity index is 2.63.